The lowest BCUT2D eigenvalue weighted by Crippen LogP contribution is -2.38. The number of oxazole rings is 1. The predicted octanol–water partition coefficient (Wildman–Crippen LogP) is 5.22. The van der Waals surface area contributed by atoms with Crippen molar-refractivity contribution in [3.63, 3.8) is 0 Å². The van der Waals surface area contributed by atoms with Crippen molar-refractivity contribution in [2.75, 3.05) is 25.0 Å². The highest BCUT2D eigenvalue weighted by molar-refractivity contribution is 7.86. The monoisotopic (exact) mass is 533 g/mol. The van der Waals surface area contributed by atoms with Crippen LogP contribution in [0.5, 0.6) is 5.75 Å². The molecule has 0 spiro atoms. The van der Waals surface area contributed by atoms with E-state index in [0.717, 1.165) is 30.5 Å². The number of piperidine rings is 1. The van der Waals surface area contributed by atoms with Gasteiger partial charge in [0.1, 0.15) is 16.2 Å². The van der Waals surface area contributed by atoms with Gasteiger partial charge in [-0.05, 0) is 43.5 Å². The molecule has 0 saturated carbocycles. The molecule has 3 aromatic rings. The maximum absolute atomic E-state index is 13.2. The Morgan fingerprint density at radius 2 is 1.97 bits per heavy atom. The molecule has 190 valence electrons. The fraction of sp³-hybridized carbons (Fsp3) is 0.409. The Morgan fingerprint density at radius 1 is 1.26 bits per heavy atom. The van der Waals surface area contributed by atoms with E-state index in [4.69, 9.17) is 20.8 Å². The van der Waals surface area contributed by atoms with Crippen molar-refractivity contribution < 1.29 is 35.3 Å². The normalized spacial score (nSPS) is 16.1. The summed E-state index contributed by atoms with van der Waals surface area (Å²) in [7, 11) is -4.50. The summed E-state index contributed by atoms with van der Waals surface area (Å²) in [6, 6.07) is 6.63. The summed E-state index contributed by atoms with van der Waals surface area (Å²) in [5.74, 6) is -0.165. The van der Waals surface area contributed by atoms with Crippen molar-refractivity contribution in [3.8, 4) is 5.75 Å². The van der Waals surface area contributed by atoms with Gasteiger partial charge in [-0.2, -0.15) is 26.6 Å². The lowest BCUT2D eigenvalue weighted by atomic mass is 10.0. The molecule has 13 heteroatoms. The highest BCUT2D eigenvalue weighted by Crippen LogP contribution is 2.37. The van der Waals surface area contributed by atoms with Crippen molar-refractivity contribution in [1.29, 1.82) is 0 Å². The number of likely N-dealkylation sites (tertiary alicyclic amines) is 1. The third-order valence-corrected chi connectivity index (χ3v) is 7.01. The Balaban J connectivity index is 1.38. The SMILES string of the molecule is CCOc1cc(CN2CCC(Nc3nc4cc(Cl)c(S(=O)(=O)O)cc4o3)CC2)ccc1C(F)(F)F. The van der Waals surface area contributed by atoms with Gasteiger partial charge in [0.15, 0.2) is 5.58 Å². The first kappa shape index (κ1) is 25.5. The number of aromatic nitrogens is 1. The van der Waals surface area contributed by atoms with Crippen molar-refractivity contribution >= 4 is 38.8 Å². The molecular weight excluding hydrogens is 511 g/mol. The molecule has 0 bridgehead atoms. The van der Waals surface area contributed by atoms with E-state index in [-0.39, 0.29) is 35.0 Å². The van der Waals surface area contributed by atoms with E-state index < -0.39 is 26.8 Å². The quantitative estimate of drug-likeness (QED) is 0.398. The number of alkyl halides is 3. The average Bonchev–Trinajstić information content (AvgIpc) is 3.14. The van der Waals surface area contributed by atoms with Crippen LogP contribution in [0, 0.1) is 0 Å². The van der Waals surface area contributed by atoms with E-state index in [1.54, 1.807) is 6.92 Å². The first-order valence-electron chi connectivity index (χ1n) is 10.8. The minimum Gasteiger partial charge on any atom is -0.493 e. The van der Waals surface area contributed by atoms with Crippen LogP contribution in [0.1, 0.15) is 30.9 Å². The largest absolute Gasteiger partial charge is 0.493 e. The second kappa shape index (κ2) is 9.84. The number of benzene rings is 2. The van der Waals surface area contributed by atoms with Crippen LogP contribution in [0.4, 0.5) is 19.2 Å². The molecule has 2 aromatic carbocycles. The highest BCUT2D eigenvalue weighted by Gasteiger charge is 2.34. The molecule has 2 heterocycles. The van der Waals surface area contributed by atoms with Crippen LogP contribution in [-0.2, 0) is 22.8 Å². The summed E-state index contributed by atoms with van der Waals surface area (Å²) in [6.07, 6.45) is -3.01. The zero-order valence-electron chi connectivity index (χ0n) is 18.6. The number of hydrogen-bond acceptors (Lipinski definition) is 7. The lowest BCUT2D eigenvalue weighted by Gasteiger charge is -2.32. The molecule has 1 saturated heterocycles. The molecule has 0 aliphatic carbocycles. The van der Waals surface area contributed by atoms with Crippen LogP contribution in [0.15, 0.2) is 39.6 Å². The fourth-order valence-electron chi connectivity index (χ4n) is 4.03. The topological polar surface area (TPSA) is 105 Å². The summed E-state index contributed by atoms with van der Waals surface area (Å²) in [6.45, 7) is 3.67. The smallest absolute Gasteiger partial charge is 0.419 e. The van der Waals surface area contributed by atoms with Gasteiger partial charge in [0.2, 0.25) is 0 Å². The van der Waals surface area contributed by atoms with Crippen LogP contribution in [0.3, 0.4) is 0 Å². The van der Waals surface area contributed by atoms with E-state index >= 15 is 0 Å². The van der Waals surface area contributed by atoms with Crippen LogP contribution in [0.25, 0.3) is 11.1 Å². The number of fused-ring (bicyclic) bond motifs is 1. The number of hydrogen-bond donors (Lipinski definition) is 2. The standard InChI is InChI=1S/C22H23ClF3N3O5S/c1-2-33-18-9-13(3-4-15(18)22(24,25)26)12-29-7-5-14(6-8-29)27-21-28-17-10-16(23)20(35(30,31)32)11-19(17)34-21/h3-4,9-11,14H,2,5-8,12H2,1H3,(H,27,28)(H,30,31,32). The van der Waals surface area contributed by atoms with E-state index in [1.807, 2.05) is 0 Å². The highest BCUT2D eigenvalue weighted by atomic mass is 35.5. The molecular formula is C22H23ClF3N3O5S. The number of nitrogens with zero attached hydrogens (tertiary/aromatic N) is 2. The Morgan fingerprint density at radius 3 is 2.60 bits per heavy atom. The second-order valence-corrected chi connectivity index (χ2v) is 10.00. The Bertz CT molecular complexity index is 1320. The van der Waals surface area contributed by atoms with Gasteiger partial charge in [0, 0.05) is 31.7 Å². The molecule has 4 rings (SSSR count). The third kappa shape index (κ3) is 6.00. The molecule has 1 aromatic heterocycles. The van der Waals surface area contributed by atoms with Gasteiger partial charge in [-0.3, -0.25) is 9.45 Å². The summed E-state index contributed by atoms with van der Waals surface area (Å²) in [5, 5.41) is 3.01. The Kier molecular flexibility index (Phi) is 7.18. The summed E-state index contributed by atoms with van der Waals surface area (Å²) in [4.78, 5) is 5.95. The Labute approximate surface area is 204 Å². The molecule has 0 radical (unpaired) electrons. The van der Waals surface area contributed by atoms with Crippen molar-refractivity contribution in [3.05, 3.63) is 46.5 Å². The minimum absolute atomic E-state index is 0.0300. The number of halogens is 4. The van der Waals surface area contributed by atoms with Gasteiger partial charge >= 0.3 is 6.18 Å². The molecule has 0 atom stereocenters. The van der Waals surface area contributed by atoms with Crippen molar-refractivity contribution in [1.82, 2.24) is 9.88 Å². The van der Waals surface area contributed by atoms with Gasteiger partial charge in [-0.15, -0.1) is 0 Å². The summed E-state index contributed by atoms with van der Waals surface area (Å²) in [5.41, 5.74) is 0.455. The Hall–Kier alpha value is -2.54. The summed E-state index contributed by atoms with van der Waals surface area (Å²) < 4.78 is 82.5. The summed E-state index contributed by atoms with van der Waals surface area (Å²) >= 11 is 5.92. The maximum Gasteiger partial charge on any atom is 0.419 e. The zero-order chi connectivity index (χ0) is 25.4. The van der Waals surface area contributed by atoms with Crippen molar-refractivity contribution in [2.45, 2.75) is 43.4 Å². The van der Waals surface area contributed by atoms with Gasteiger partial charge < -0.3 is 14.5 Å². The maximum atomic E-state index is 13.2. The fourth-order valence-corrected chi connectivity index (χ4v) is 5.04. The molecule has 8 nitrogen and oxygen atoms in total. The van der Waals surface area contributed by atoms with Crippen LogP contribution in [-0.4, -0.2) is 48.6 Å². The molecule has 2 N–H and O–H groups in total. The number of nitrogens with one attached hydrogen (secondary N) is 1. The van der Waals surface area contributed by atoms with Gasteiger partial charge in [-0.25, -0.2) is 0 Å². The first-order valence-corrected chi connectivity index (χ1v) is 12.6. The van der Waals surface area contributed by atoms with E-state index in [1.165, 1.54) is 18.2 Å². The second-order valence-electron chi connectivity index (χ2n) is 8.20. The van der Waals surface area contributed by atoms with Gasteiger partial charge in [0.25, 0.3) is 16.1 Å². The van der Waals surface area contributed by atoms with Crippen LogP contribution in [0.2, 0.25) is 5.02 Å². The zero-order valence-corrected chi connectivity index (χ0v) is 20.2. The van der Waals surface area contributed by atoms with E-state index in [9.17, 15) is 26.1 Å². The van der Waals surface area contributed by atoms with Gasteiger partial charge in [-0.1, -0.05) is 17.7 Å². The van der Waals surface area contributed by atoms with E-state index in [0.29, 0.717) is 25.2 Å². The molecule has 1 aliphatic heterocycles. The molecule has 35 heavy (non-hydrogen) atoms. The van der Waals surface area contributed by atoms with Crippen LogP contribution >= 0.6 is 11.6 Å². The molecule has 1 aliphatic rings. The van der Waals surface area contributed by atoms with Crippen LogP contribution < -0.4 is 10.1 Å². The number of anilines is 1. The molecule has 0 unspecified atom stereocenters. The number of ether oxygens (including phenoxy) is 1. The first-order chi connectivity index (χ1) is 16.4. The average molecular weight is 534 g/mol. The molecule has 0 amide bonds. The molecule has 1 fully saturated rings. The lowest BCUT2D eigenvalue weighted by molar-refractivity contribution is -0.138. The third-order valence-electron chi connectivity index (χ3n) is 5.69. The minimum atomic E-state index is -4.50. The van der Waals surface area contributed by atoms with E-state index in [2.05, 4.69) is 15.2 Å². The number of rotatable bonds is 7. The van der Waals surface area contributed by atoms with Crippen molar-refractivity contribution in [2.24, 2.45) is 0 Å². The predicted molar refractivity (Wildman–Crippen MR) is 123 cm³/mol. The van der Waals surface area contributed by atoms with Gasteiger partial charge in [0.05, 0.1) is 17.2 Å².